The molecule has 0 saturated carbocycles. The summed E-state index contributed by atoms with van der Waals surface area (Å²) in [5.74, 6) is 0.881. The van der Waals surface area contributed by atoms with Gasteiger partial charge in [-0.2, -0.15) is 0 Å². The molecule has 2 rings (SSSR count). The van der Waals surface area contributed by atoms with Crippen LogP contribution >= 0.6 is 0 Å². The van der Waals surface area contributed by atoms with Gasteiger partial charge in [-0.15, -0.1) is 0 Å². The minimum absolute atomic E-state index is 0.0864. The van der Waals surface area contributed by atoms with Crippen LogP contribution in [0, 0.1) is 0 Å². The van der Waals surface area contributed by atoms with Crippen LogP contribution in [0.5, 0.6) is 5.75 Å². The van der Waals surface area contributed by atoms with E-state index in [0.29, 0.717) is 6.61 Å². The molecule has 122 valence electrons. The molecule has 0 spiro atoms. The van der Waals surface area contributed by atoms with Gasteiger partial charge in [-0.1, -0.05) is 37.3 Å². The normalized spacial score (nSPS) is 12.2. The van der Waals surface area contributed by atoms with Gasteiger partial charge in [-0.05, 0) is 50.3 Å². The summed E-state index contributed by atoms with van der Waals surface area (Å²) in [6.45, 7) is 3.56. The number of rotatable bonds is 8. The van der Waals surface area contributed by atoms with E-state index in [1.165, 1.54) is 0 Å². The van der Waals surface area contributed by atoms with Crippen molar-refractivity contribution in [1.82, 2.24) is 4.90 Å². The van der Waals surface area contributed by atoms with Crippen molar-refractivity contribution in [3.8, 4) is 5.75 Å². The molecule has 0 fully saturated rings. The second-order valence-corrected chi connectivity index (χ2v) is 5.91. The Labute approximate surface area is 138 Å². The minimum atomic E-state index is -0.0864. The summed E-state index contributed by atoms with van der Waals surface area (Å²) in [6.07, 6.45) is 0.796. The first-order valence-corrected chi connectivity index (χ1v) is 8.08. The smallest absolute Gasteiger partial charge is 0.170 e. The van der Waals surface area contributed by atoms with Gasteiger partial charge in [0, 0.05) is 18.0 Å². The highest BCUT2D eigenvalue weighted by atomic mass is 16.5. The van der Waals surface area contributed by atoms with Gasteiger partial charge in [-0.25, -0.2) is 0 Å². The number of hydrogen-bond acceptors (Lipinski definition) is 3. The first kappa shape index (κ1) is 17.2. The second kappa shape index (κ2) is 8.49. The molecule has 0 aromatic heterocycles. The second-order valence-electron chi connectivity index (χ2n) is 5.91. The largest absolute Gasteiger partial charge is 0.492 e. The van der Waals surface area contributed by atoms with E-state index in [9.17, 15) is 4.79 Å². The Hall–Kier alpha value is -2.13. The summed E-state index contributed by atoms with van der Waals surface area (Å²) < 4.78 is 5.67. The molecule has 1 atom stereocenters. The number of Topliss-reactive ketones (excluding diaryl/α,β-unsaturated/α-hetero) is 1. The van der Waals surface area contributed by atoms with Gasteiger partial charge in [0.15, 0.2) is 5.78 Å². The summed E-state index contributed by atoms with van der Waals surface area (Å²) in [4.78, 5) is 14.8. The van der Waals surface area contributed by atoms with Crippen molar-refractivity contribution in [1.29, 1.82) is 0 Å². The van der Waals surface area contributed by atoms with Gasteiger partial charge in [0.25, 0.3) is 0 Å². The molecule has 3 heteroatoms. The number of likely N-dealkylation sites (N-methyl/N-ethyl adjacent to an activating group) is 1. The van der Waals surface area contributed by atoms with Crippen molar-refractivity contribution in [3.63, 3.8) is 0 Å². The predicted molar refractivity (Wildman–Crippen MR) is 94.3 cm³/mol. The Balaban J connectivity index is 2.04. The lowest BCUT2D eigenvalue weighted by Gasteiger charge is -2.15. The number of carbonyl (C=O) groups excluding carboxylic acids is 1. The van der Waals surface area contributed by atoms with Crippen molar-refractivity contribution in [2.45, 2.75) is 19.3 Å². The third-order valence-corrected chi connectivity index (χ3v) is 3.87. The summed E-state index contributed by atoms with van der Waals surface area (Å²) >= 11 is 0. The fourth-order valence-corrected chi connectivity index (χ4v) is 2.52. The van der Waals surface area contributed by atoms with Crippen molar-refractivity contribution in [2.75, 3.05) is 27.2 Å². The van der Waals surface area contributed by atoms with Crippen molar-refractivity contribution in [2.24, 2.45) is 0 Å². The van der Waals surface area contributed by atoms with Crippen LogP contribution in [-0.2, 0) is 0 Å². The maximum Gasteiger partial charge on any atom is 0.170 e. The lowest BCUT2D eigenvalue weighted by Crippen LogP contribution is -2.19. The number of benzene rings is 2. The Morgan fingerprint density at radius 2 is 1.70 bits per heavy atom. The molecule has 0 heterocycles. The highest BCUT2D eigenvalue weighted by Gasteiger charge is 2.19. The zero-order chi connectivity index (χ0) is 16.7. The van der Waals surface area contributed by atoms with Crippen LogP contribution in [-0.4, -0.2) is 37.9 Å². The number of ketones is 1. The molecular weight excluding hydrogens is 286 g/mol. The van der Waals surface area contributed by atoms with Crippen LogP contribution in [0.2, 0.25) is 0 Å². The molecule has 0 aliphatic rings. The third kappa shape index (κ3) is 4.93. The van der Waals surface area contributed by atoms with E-state index >= 15 is 0 Å². The quantitative estimate of drug-likeness (QED) is 0.690. The van der Waals surface area contributed by atoms with Gasteiger partial charge >= 0.3 is 0 Å². The molecule has 0 radical (unpaired) electrons. The molecule has 0 unspecified atom stereocenters. The minimum Gasteiger partial charge on any atom is -0.492 e. The van der Waals surface area contributed by atoms with Crippen LogP contribution in [0.25, 0.3) is 0 Å². The van der Waals surface area contributed by atoms with Crippen LogP contribution in [0.15, 0.2) is 54.6 Å². The van der Waals surface area contributed by atoms with Gasteiger partial charge in [-0.3, -0.25) is 4.79 Å². The Kier molecular flexibility index (Phi) is 6.36. The average molecular weight is 311 g/mol. The van der Waals surface area contributed by atoms with Gasteiger partial charge in [0.05, 0.1) is 0 Å². The molecule has 0 bridgehead atoms. The molecule has 3 nitrogen and oxygen atoms in total. The lowest BCUT2D eigenvalue weighted by atomic mass is 9.89. The highest BCUT2D eigenvalue weighted by molar-refractivity contribution is 6.01. The summed E-state index contributed by atoms with van der Waals surface area (Å²) in [6, 6.07) is 17.4. The van der Waals surface area contributed by atoms with Crippen molar-refractivity contribution < 1.29 is 9.53 Å². The molecule has 0 aliphatic carbocycles. The third-order valence-electron chi connectivity index (χ3n) is 3.87. The molecule has 0 amide bonds. The Morgan fingerprint density at radius 1 is 1.04 bits per heavy atom. The van der Waals surface area contributed by atoms with E-state index in [4.69, 9.17) is 4.74 Å². The highest BCUT2D eigenvalue weighted by Crippen LogP contribution is 2.25. The monoisotopic (exact) mass is 311 g/mol. The zero-order valence-corrected chi connectivity index (χ0v) is 14.2. The molecule has 23 heavy (non-hydrogen) atoms. The number of ether oxygens (including phenoxy) is 1. The lowest BCUT2D eigenvalue weighted by molar-refractivity contribution is 0.0957. The van der Waals surface area contributed by atoms with Gasteiger partial charge < -0.3 is 9.64 Å². The summed E-state index contributed by atoms with van der Waals surface area (Å²) in [5, 5.41) is 0. The van der Waals surface area contributed by atoms with E-state index in [1.54, 1.807) is 0 Å². The maximum absolute atomic E-state index is 12.7. The first-order valence-electron chi connectivity index (χ1n) is 8.08. The average Bonchev–Trinajstić information content (AvgIpc) is 2.57. The topological polar surface area (TPSA) is 29.5 Å². The number of nitrogens with zero attached hydrogens (tertiary/aromatic N) is 1. The predicted octanol–water partition coefficient (Wildman–Crippen LogP) is 4.00. The molecule has 2 aromatic carbocycles. The fraction of sp³-hybridized carbons (Fsp3) is 0.350. The Morgan fingerprint density at radius 3 is 2.26 bits per heavy atom. The Bertz CT molecular complexity index is 605. The SMILES string of the molecule is CC[C@H](C(=O)c1ccc(OCCN(C)C)cc1)c1ccccc1. The molecule has 0 saturated heterocycles. The standard InChI is InChI=1S/C20H25NO2/c1-4-19(16-8-6-5-7-9-16)20(22)17-10-12-18(13-11-17)23-15-14-21(2)3/h5-13,19H,4,14-15H2,1-3H3/t19-/m0/s1. The van der Waals surface area contributed by atoms with Crippen LogP contribution in [0.3, 0.4) is 0 Å². The summed E-state index contributed by atoms with van der Waals surface area (Å²) in [5.41, 5.74) is 1.81. The molecular formula is C20H25NO2. The van der Waals surface area contributed by atoms with E-state index in [2.05, 4.69) is 4.90 Å². The van der Waals surface area contributed by atoms with E-state index in [0.717, 1.165) is 29.8 Å². The van der Waals surface area contributed by atoms with E-state index in [1.807, 2.05) is 75.6 Å². The number of hydrogen-bond donors (Lipinski definition) is 0. The van der Waals surface area contributed by atoms with Crippen LogP contribution in [0.1, 0.15) is 35.2 Å². The first-order chi connectivity index (χ1) is 11.1. The van der Waals surface area contributed by atoms with Crippen molar-refractivity contribution in [3.05, 3.63) is 65.7 Å². The van der Waals surface area contributed by atoms with Gasteiger partial charge in [0.1, 0.15) is 12.4 Å². The molecule has 0 N–H and O–H groups in total. The molecule has 0 aliphatic heterocycles. The van der Waals surface area contributed by atoms with Crippen molar-refractivity contribution >= 4 is 5.78 Å². The van der Waals surface area contributed by atoms with Crippen LogP contribution in [0.4, 0.5) is 0 Å². The van der Waals surface area contributed by atoms with E-state index < -0.39 is 0 Å². The zero-order valence-electron chi connectivity index (χ0n) is 14.2. The fourth-order valence-electron chi connectivity index (χ4n) is 2.52. The van der Waals surface area contributed by atoms with Crippen LogP contribution < -0.4 is 4.74 Å². The maximum atomic E-state index is 12.7. The molecule has 2 aromatic rings. The van der Waals surface area contributed by atoms with E-state index in [-0.39, 0.29) is 11.7 Å². The van der Waals surface area contributed by atoms with Gasteiger partial charge in [0.2, 0.25) is 0 Å². The summed E-state index contributed by atoms with van der Waals surface area (Å²) in [7, 11) is 4.03. The number of carbonyl (C=O) groups is 1.